The van der Waals surface area contributed by atoms with Crippen molar-refractivity contribution in [1.82, 2.24) is 14.9 Å². The molecule has 0 saturated carbocycles. The molecule has 2 aromatic rings. The fourth-order valence-electron chi connectivity index (χ4n) is 4.08. The minimum Gasteiger partial charge on any atom is -0.475 e. The van der Waals surface area contributed by atoms with E-state index in [4.69, 9.17) is 29.8 Å². The summed E-state index contributed by atoms with van der Waals surface area (Å²) >= 11 is 0. The van der Waals surface area contributed by atoms with E-state index in [1.54, 1.807) is 6.07 Å². The number of alkyl halides is 6. The second kappa shape index (κ2) is 13.9. The number of piperidine rings is 1. The quantitative estimate of drug-likeness (QED) is 0.458. The molecule has 3 N–H and O–H groups in total. The van der Waals surface area contributed by atoms with E-state index in [0.29, 0.717) is 12.3 Å². The number of carboxylic acid groups (broad SMARTS) is 2. The predicted octanol–water partition coefficient (Wildman–Crippen LogP) is 3.85. The molecule has 2 atom stereocenters. The van der Waals surface area contributed by atoms with Gasteiger partial charge >= 0.3 is 24.3 Å². The van der Waals surface area contributed by atoms with Crippen LogP contribution in [0.15, 0.2) is 42.7 Å². The van der Waals surface area contributed by atoms with Crippen molar-refractivity contribution < 1.29 is 50.9 Å². The van der Waals surface area contributed by atoms with Gasteiger partial charge in [0, 0.05) is 31.9 Å². The Morgan fingerprint density at radius 3 is 2.25 bits per heavy atom. The normalized spacial score (nSPS) is 20.8. The molecule has 2 aromatic heterocycles. The van der Waals surface area contributed by atoms with Gasteiger partial charge < -0.3 is 20.3 Å². The molecule has 4 rings (SSSR count). The van der Waals surface area contributed by atoms with E-state index in [1.165, 1.54) is 5.56 Å². The second-order valence-electron chi connectivity index (χ2n) is 8.83. The third-order valence-corrected chi connectivity index (χ3v) is 5.68. The van der Waals surface area contributed by atoms with E-state index < -0.39 is 24.3 Å². The molecule has 40 heavy (non-hydrogen) atoms. The van der Waals surface area contributed by atoms with Gasteiger partial charge in [0.25, 0.3) is 0 Å². The maximum atomic E-state index is 10.6. The molecule has 0 amide bonds. The lowest BCUT2D eigenvalue weighted by Gasteiger charge is -2.39. The van der Waals surface area contributed by atoms with Gasteiger partial charge in [0.1, 0.15) is 17.6 Å². The number of aliphatic carboxylic acids is 2. The van der Waals surface area contributed by atoms with E-state index in [0.717, 1.165) is 44.7 Å². The summed E-state index contributed by atoms with van der Waals surface area (Å²) in [6.07, 6.45) is -3.24. The van der Waals surface area contributed by atoms with Gasteiger partial charge in [-0.15, -0.1) is 0 Å². The molecule has 0 bridgehead atoms. The van der Waals surface area contributed by atoms with Gasteiger partial charge in [-0.3, -0.25) is 9.88 Å². The number of nitrogens with zero attached hydrogens (tertiary/aromatic N) is 4. The highest BCUT2D eigenvalue weighted by Gasteiger charge is 2.43. The third-order valence-electron chi connectivity index (χ3n) is 5.68. The topological polar surface area (TPSA) is 149 Å². The number of rotatable bonds is 4. The van der Waals surface area contributed by atoms with E-state index in [9.17, 15) is 26.3 Å². The van der Waals surface area contributed by atoms with E-state index >= 15 is 0 Å². The first-order valence-corrected chi connectivity index (χ1v) is 11.6. The number of halogens is 6. The summed E-state index contributed by atoms with van der Waals surface area (Å²) < 4.78 is 69.8. The Morgan fingerprint density at radius 1 is 1.10 bits per heavy atom. The SMILES string of the molecule is N#Cc1cccc(NC2COC3(CCCN(Cc4ccncc4)C3)C2)n1.O=C(O)C(F)(F)F.O=C(O)C(F)(F)F. The van der Waals surface area contributed by atoms with Crippen LogP contribution < -0.4 is 5.32 Å². The Hall–Kier alpha value is -3.97. The van der Waals surface area contributed by atoms with Crippen molar-refractivity contribution in [3.63, 3.8) is 0 Å². The first kappa shape index (κ1) is 32.2. The highest BCUT2D eigenvalue weighted by Crippen LogP contribution is 2.36. The van der Waals surface area contributed by atoms with Crippen LogP contribution in [0.5, 0.6) is 0 Å². The number of hydrogen-bond acceptors (Lipinski definition) is 8. The summed E-state index contributed by atoms with van der Waals surface area (Å²) in [5.41, 5.74) is 1.66. The van der Waals surface area contributed by atoms with Gasteiger partial charge in [0.15, 0.2) is 0 Å². The van der Waals surface area contributed by atoms with Crippen LogP contribution >= 0.6 is 0 Å². The van der Waals surface area contributed by atoms with E-state index in [2.05, 4.69) is 38.4 Å². The predicted molar refractivity (Wildman–Crippen MR) is 126 cm³/mol. The smallest absolute Gasteiger partial charge is 0.475 e. The van der Waals surface area contributed by atoms with Crippen molar-refractivity contribution in [2.45, 2.75) is 49.8 Å². The van der Waals surface area contributed by atoms with Gasteiger partial charge in [-0.05, 0) is 49.2 Å². The zero-order chi connectivity index (χ0) is 30.0. The summed E-state index contributed by atoms with van der Waals surface area (Å²) in [6.45, 7) is 3.69. The number of pyridine rings is 2. The van der Waals surface area contributed by atoms with Crippen LogP contribution in [-0.2, 0) is 20.9 Å². The standard InChI is InChI=1S/C20H23N5O.2C2HF3O2/c21-12-17-3-1-4-19(23-17)24-18-11-20(26-14-18)7-2-10-25(15-20)13-16-5-8-22-9-6-16;2*3-2(4,5)1(6)7/h1,3-6,8-9,18H,2,7,10-11,13-15H2,(H,23,24);2*(H,6,7). The summed E-state index contributed by atoms with van der Waals surface area (Å²) in [4.78, 5) is 28.7. The minimum absolute atomic E-state index is 0.0736. The lowest BCUT2D eigenvalue weighted by atomic mass is 9.88. The largest absolute Gasteiger partial charge is 0.490 e. The average molecular weight is 577 g/mol. The van der Waals surface area contributed by atoms with E-state index in [-0.39, 0.29) is 11.6 Å². The Kier molecular flexibility index (Phi) is 11.2. The van der Waals surface area contributed by atoms with Gasteiger partial charge in [0.2, 0.25) is 0 Å². The fourth-order valence-corrected chi connectivity index (χ4v) is 4.08. The number of carboxylic acids is 2. The Morgan fingerprint density at radius 2 is 1.70 bits per heavy atom. The number of nitriles is 1. The molecule has 2 unspecified atom stereocenters. The summed E-state index contributed by atoms with van der Waals surface area (Å²) in [7, 11) is 0. The number of hydrogen-bond donors (Lipinski definition) is 3. The molecule has 0 aliphatic carbocycles. The third kappa shape index (κ3) is 10.7. The van der Waals surface area contributed by atoms with Crippen LogP contribution in [0, 0.1) is 11.3 Å². The lowest BCUT2D eigenvalue weighted by molar-refractivity contribution is -0.193. The Balaban J connectivity index is 0.000000333. The van der Waals surface area contributed by atoms with Crippen LogP contribution in [0.25, 0.3) is 0 Å². The van der Waals surface area contributed by atoms with Crippen LogP contribution in [0.4, 0.5) is 32.2 Å². The van der Waals surface area contributed by atoms with Gasteiger partial charge in [-0.1, -0.05) is 6.07 Å². The van der Waals surface area contributed by atoms with Gasteiger partial charge in [-0.25, -0.2) is 14.6 Å². The molecule has 2 saturated heterocycles. The minimum atomic E-state index is -5.08. The van der Waals surface area contributed by atoms with Gasteiger partial charge in [0.05, 0.1) is 18.2 Å². The maximum absolute atomic E-state index is 10.6. The highest BCUT2D eigenvalue weighted by atomic mass is 19.4. The van der Waals surface area contributed by atoms with Crippen molar-refractivity contribution in [2.24, 2.45) is 0 Å². The molecule has 218 valence electrons. The highest BCUT2D eigenvalue weighted by molar-refractivity contribution is 5.73. The van der Waals surface area contributed by atoms with E-state index in [1.807, 2.05) is 24.5 Å². The van der Waals surface area contributed by atoms with Crippen LogP contribution in [0.3, 0.4) is 0 Å². The number of anilines is 1. The first-order chi connectivity index (χ1) is 18.6. The molecular weight excluding hydrogens is 552 g/mol. The van der Waals surface area contributed by atoms with Gasteiger partial charge in [-0.2, -0.15) is 31.6 Å². The molecule has 2 fully saturated rings. The van der Waals surface area contributed by atoms with Crippen molar-refractivity contribution >= 4 is 17.8 Å². The molecule has 2 aliphatic rings. The maximum Gasteiger partial charge on any atom is 0.490 e. The zero-order valence-electron chi connectivity index (χ0n) is 20.7. The monoisotopic (exact) mass is 577 g/mol. The summed E-state index contributed by atoms with van der Waals surface area (Å²) in [5, 5.41) is 26.7. The summed E-state index contributed by atoms with van der Waals surface area (Å²) in [5.74, 6) is -4.76. The van der Waals surface area contributed by atoms with Crippen LogP contribution in [-0.4, -0.2) is 80.7 Å². The molecule has 4 heterocycles. The van der Waals surface area contributed by atoms with Crippen LogP contribution in [0.2, 0.25) is 0 Å². The molecule has 16 heteroatoms. The van der Waals surface area contributed by atoms with Crippen molar-refractivity contribution in [3.8, 4) is 6.07 Å². The number of likely N-dealkylation sites (tertiary alicyclic amines) is 1. The number of carbonyl (C=O) groups is 2. The van der Waals surface area contributed by atoms with Crippen molar-refractivity contribution in [3.05, 3.63) is 54.0 Å². The van der Waals surface area contributed by atoms with Crippen molar-refractivity contribution in [2.75, 3.05) is 25.0 Å². The number of nitrogens with one attached hydrogen (secondary N) is 1. The average Bonchev–Trinajstić information content (AvgIpc) is 3.25. The molecular formula is C24H25F6N5O5. The molecule has 0 radical (unpaired) electrons. The zero-order valence-corrected chi connectivity index (χ0v) is 20.7. The molecule has 10 nitrogen and oxygen atoms in total. The number of ether oxygens (including phenoxy) is 1. The molecule has 0 aromatic carbocycles. The second-order valence-corrected chi connectivity index (χ2v) is 8.83. The Bertz CT molecular complexity index is 1150. The first-order valence-electron chi connectivity index (χ1n) is 11.6. The fraction of sp³-hybridized carbons (Fsp3) is 0.458. The van der Waals surface area contributed by atoms with Crippen LogP contribution in [0.1, 0.15) is 30.5 Å². The molecule has 1 spiro atoms. The van der Waals surface area contributed by atoms with Crippen molar-refractivity contribution in [1.29, 1.82) is 5.26 Å². The molecule has 2 aliphatic heterocycles. The summed E-state index contributed by atoms with van der Waals surface area (Å²) in [6, 6.07) is 12.0. The number of aromatic nitrogens is 2. The Labute approximate surface area is 224 Å². The lowest BCUT2D eigenvalue weighted by Crippen LogP contribution is -2.47.